The summed E-state index contributed by atoms with van der Waals surface area (Å²) in [6.45, 7) is 3.84. The molecule has 1 aromatic carbocycles. The Kier molecular flexibility index (Phi) is 3.95. The Labute approximate surface area is 168 Å². The number of hydrogen-bond donors (Lipinski definition) is 0. The second kappa shape index (κ2) is 6.31. The minimum Gasteiger partial charge on any atom is -0.299 e. The first-order valence-corrected chi connectivity index (χ1v) is 10.3. The number of Topliss-reactive ketones (excluding diaryl/α,β-unsaturated/α-hetero) is 3. The number of aromatic nitrogens is 2. The molecule has 1 heterocycles. The molecule has 148 valence electrons. The molecule has 6 nitrogen and oxygen atoms in total. The molecule has 6 heteroatoms. The fourth-order valence-electron chi connectivity index (χ4n) is 4.03. The van der Waals surface area contributed by atoms with Crippen LogP contribution in [0.15, 0.2) is 18.2 Å². The zero-order valence-electron chi connectivity index (χ0n) is 16.5. The largest absolute Gasteiger partial charge is 0.299 e. The third-order valence-corrected chi connectivity index (χ3v) is 5.98. The van der Waals surface area contributed by atoms with Gasteiger partial charge in [-0.3, -0.25) is 23.7 Å². The molecule has 0 amide bonds. The molecule has 0 radical (unpaired) electrons. The number of ketones is 3. The number of imidazole rings is 1. The van der Waals surface area contributed by atoms with Gasteiger partial charge in [-0.15, -0.1) is 0 Å². The van der Waals surface area contributed by atoms with Crippen LogP contribution in [-0.4, -0.2) is 32.8 Å². The highest BCUT2D eigenvalue weighted by molar-refractivity contribution is 6.52. The number of rotatable bonds is 5. The highest BCUT2D eigenvalue weighted by Crippen LogP contribution is 2.39. The van der Waals surface area contributed by atoms with Gasteiger partial charge in [0.25, 0.3) is 5.78 Å². The molecule has 0 N–H and O–H groups in total. The molecule has 3 aliphatic rings. The Morgan fingerprint density at radius 2 is 1.72 bits per heavy atom. The number of nitrogens with zero attached hydrogens (tertiary/aromatic N) is 2. The number of carbonyl (C=O) groups is 4. The SMILES string of the molecule is CC(C)c1nc2c(n1C(=O)C1CC1)C(=O)C(=O)c1cc(CC(=O)C3CC3)ccc1-2. The van der Waals surface area contributed by atoms with Crippen molar-refractivity contribution in [3.63, 3.8) is 0 Å². The maximum absolute atomic E-state index is 13.0. The molecule has 1 aromatic heterocycles. The summed E-state index contributed by atoms with van der Waals surface area (Å²) in [6, 6.07) is 5.23. The van der Waals surface area contributed by atoms with E-state index in [1.165, 1.54) is 4.57 Å². The van der Waals surface area contributed by atoms with E-state index in [1.54, 1.807) is 12.1 Å². The molecule has 2 saturated carbocycles. The van der Waals surface area contributed by atoms with Crippen LogP contribution in [0.3, 0.4) is 0 Å². The summed E-state index contributed by atoms with van der Waals surface area (Å²) >= 11 is 0. The minimum absolute atomic E-state index is 0.0647. The number of fused-ring (bicyclic) bond motifs is 3. The third-order valence-electron chi connectivity index (χ3n) is 5.98. The van der Waals surface area contributed by atoms with Crippen molar-refractivity contribution < 1.29 is 19.2 Å². The van der Waals surface area contributed by atoms with Gasteiger partial charge in [0.2, 0.25) is 11.7 Å². The highest BCUT2D eigenvalue weighted by atomic mass is 16.2. The third kappa shape index (κ3) is 2.89. The zero-order valence-corrected chi connectivity index (χ0v) is 16.5. The zero-order chi connectivity index (χ0) is 20.4. The van der Waals surface area contributed by atoms with E-state index in [0.717, 1.165) is 31.2 Å². The van der Waals surface area contributed by atoms with Crippen LogP contribution in [0.2, 0.25) is 0 Å². The van der Waals surface area contributed by atoms with E-state index in [9.17, 15) is 19.2 Å². The van der Waals surface area contributed by atoms with Crippen molar-refractivity contribution in [1.29, 1.82) is 0 Å². The second-order valence-corrected chi connectivity index (χ2v) is 8.73. The molecule has 0 unspecified atom stereocenters. The van der Waals surface area contributed by atoms with Crippen LogP contribution in [0.4, 0.5) is 0 Å². The van der Waals surface area contributed by atoms with Crippen molar-refractivity contribution in [3.05, 3.63) is 40.8 Å². The van der Waals surface area contributed by atoms with Gasteiger partial charge in [-0.2, -0.15) is 0 Å². The van der Waals surface area contributed by atoms with Crippen molar-refractivity contribution in [2.75, 3.05) is 0 Å². The lowest BCUT2D eigenvalue weighted by molar-refractivity contribution is -0.119. The summed E-state index contributed by atoms with van der Waals surface area (Å²) in [5.41, 5.74) is 2.09. The highest BCUT2D eigenvalue weighted by Gasteiger charge is 2.41. The molecule has 0 spiro atoms. The van der Waals surface area contributed by atoms with Crippen LogP contribution in [0.1, 0.15) is 82.5 Å². The van der Waals surface area contributed by atoms with Crippen LogP contribution >= 0.6 is 0 Å². The first kappa shape index (κ1) is 18.2. The molecule has 5 rings (SSSR count). The average molecular weight is 390 g/mol. The van der Waals surface area contributed by atoms with Crippen molar-refractivity contribution in [3.8, 4) is 11.3 Å². The summed E-state index contributed by atoms with van der Waals surface area (Å²) in [5.74, 6) is -0.766. The predicted molar refractivity (Wildman–Crippen MR) is 105 cm³/mol. The van der Waals surface area contributed by atoms with Gasteiger partial charge in [-0.05, 0) is 37.3 Å². The van der Waals surface area contributed by atoms with Gasteiger partial charge in [0.1, 0.15) is 23.0 Å². The lowest BCUT2D eigenvalue weighted by Crippen LogP contribution is -2.28. The van der Waals surface area contributed by atoms with E-state index < -0.39 is 11.6 Å². The lowest BCUT2D eigenvalue weighted by atomic mass is 9.88. The lowest BCUT2D eigenvalue weighted by Gasteiger charge is -2.17. The number of carbonyl (C=O) groups excluding carboxylic acids is 4. The molecule has 0 saturated heterocycles. The first-order valence-electron chi connectivity index (χ1n) is 10.3. The fourth-order valence-corrected chi connectivity index (χ4v) is 4.03. The monoisotopic (exact) mass is 390 g/mol. The Morgan fingerprint density at radius 1 is 1.03 bits per heavy atom. The number of benzene rings is 1. The Hall–Kier alpha value is -2.89. The Morgan fingerprint density at radius 3 is 2.34 bits per heavy atom. The van der Waals surface area contributed by atoms with E-state index in [1.807, 2.05) is 19.9 Å². The Balaban J connectivity index is 1.63. The van der Waals surface area contributed by atoms with Crippen LogP contribution in [0.5, 0.6) is 0 Å². The van der Waals surface area contributed by atoms with Gasteiger partial charge in [-0.1, -0.05) is 26.0 Å². The molecule has 2 fully saturated rings. The van der Waals surface area contributed by atoms with Crippen LogP contribution in [0.25, 0.3) is 11.3 Å². The van der Waals surface area contributed by atoms with E-state index >= 15 is 0 Å². The van der Waals surface area contributed by atoms with Crippen molar-refractivity contribution >= 4 is 23.3 Å². The van der Waals surface area contributed by atoms with Crippen molar-refractivity contribution in [2.45, 2.75) is 51.9 Å². The van der Waals surface area contributed by atoms with Crippen molar-refractivity contribution in [1.82, 2.24) is 9.55 Å². The van der Waals surface area contributed by atoms with Gasteiger partial charge < -0.3 is 0 Å². The normalized spacial score (nSPS) is 18.0. The van der Waals surface area contributed by atoms with E-state index in [4.69, 9.17) is 0 Å². The Bertz CT molecular complexity index is 1100. The van der Waals surface area contributed by atoms with E-state index in [0.29, 0.717) is 17.1 Å². The van der Waals surface area contributed by atoms with Gasteiger partial charge in [0.15, 0.2) is 0 Å². The van der Waals surface area contributed by atoms with Gasteiger partial charge in [-0.25, -0.2) is 4.98 Å². The smallest absolute Gasteiger partial charge is 0.252 e. The molecule has 0 atom stereocenters. The summed E-state index contributed by atoms with van der Waals surface area (Å²) in [5, 5.41) is 0. The molecule has 3 aliphatic carbocycles. The maximum Gasteiger partial charge on any atom is 0.252 e. The molecule has 0 bridgehead atoms. The molecule has 2 aromatic rings. The van der Waals surface area contributed by atoms with E-state index in [-0.39, 0.29) is 47.1 Å². The molecule has 0 aliphatic heterocycles. The topological polar surface area (TPSA) is 86.1 Å². The standard InChI is InChI=1S/C23H22N2O4/c1-11(2)22-24-18-15-8-3-12(10-17(26)13-4-5-13)9-16(15)20(27)21(28)19(18)25(22)23(29)14-6-7-14/h3,8-9,11,13-14H,4-7,10H2,1-2H3. The predicted octanol–water partition coefficient (Wildman–Crippen LogP) is 3.62. The van der Waals surface area contributed by atoms with Gasteiger partial charge in [0, 0.05) is 35.3 Å². The second-order valence-electron chi connectivity index (χ2n) is 8.73. The minimum atomic E-state index is -0.688. The molecular formula is C23H22N2O4. The van der Waals surface area contributed by atoms with Crippen LogP contribution in [0, 0.1) is 11.8 Å². The summed E-state index contributed by atoms with van der Waals surface area (Å²) < 4.78 is 1.39. The van der Waals surface area contributed by atoms with Gasteiger partial charge in [0.05, 0.1) is 0 Å². The number of hydrogen-bond acceptors (Lipinski definition) is 5. The first-order chi connectivity index (χ1) is 13.9. The van der Waals surface area contributed by atoms with Gasteiger partial charge >= 0.3 is 0 Å². The van der Waals surface area contributed by atoms with Crippen LogP contribution in [-0.2, 0) is 11.2 Å². The summed E-state index contributed by atoms with van der Waals surface area (Å²) in [6.07, 6.45) is 3.77. The van der Waals surface area contributed by atoms with Crippen molar-refractivity contribution in [2.24, 2.45) is 11.8 Å². The summed E-state index contributed by atoms with van der Waals surface area (Å²) in [7, 11) is 0. The summed E-state index contributed by atoms with van der Waals surface area (Å²) in [4.78, 5) is 55.6. The fraction of sp³-hybridized carbons (Fsp3) is 0.435. The van der Waals surface area contributed by atoms with E-state index in [2.05, 4.69) is 4.98 Å². The average Bonchev–Trinajstić information content (AvgIpc) is 3.60. The quantitative estimate of drug-likeness (QED) is 0.728. The van der Waals surface area contributed by atoms with Crippen LogP contribution < -0.4 is 0 Å². The molecular weight excluding hydrogens is 368 g/mol. The molecule has 29 heavy (non-hydrogen) atoms. The maximum atomic E-state index is 13.0.